The lowest BCUT2D eigenvalue weighted by Crippen LogP contribution is -2.48. The molecule has 1 amide bonds. The maximum Gasteiger partial charge on any atom is 0.415 e. The second-order valence-corrected chi connectivity index (χ2v) is 7.69. The summed E-state index contributed by atoms with van der Waals surface area (Å²) in [6.07, 6.45) is 1.98. The Morgan fingerprint density at radius 1 is 1.20 bits per heavy atom. The molecule has 4 rings (SSSR count). The number of halogens is 1. The second-order valence-electron chi connectivity index (χ2n) is 7.04. The van der Waals surface area contributed by atoms with Crippen molar-refractivity contribution in [2.24, 2.45) is 0 Å². The van der Waals surface area contributed by atoms with Crippen molar-refractivity contribution in [3.63, 3.8) is 0 Å². The third kappa shape index (κ3) is 3.15. The van der Waals surface area contributed by atoms with Gasteiger partial charge in [-0.25, -0.2) is 4.79 Å². The van der Waals surface area contributed by atoms with Gasteiger partial charge in [0.25, 0.3) is 0 Å². The van der Waals surface area contributed by atoms with Gasteiger partial charge in [-0.2, -0.15) is 0 Å². The molecule has 1 aliphatic heterocycles. The number of carbonyl (C=O) groups is 1. The molecule has 1 saturated heterocycles. The summed E-state index contributed by atoms with van der Waals surface area (Å²) in [6, 6.07) is 10.4. The Labute approximate surface area is 156 Å². The molecule has 0 spiro atoms. The molecular weight excluding hydrogens is 380 g/mol. The van der Waals surface area contributed by atoms with Crippen LogP contribution in [0.25, 0.3) is 10.8 Å². The first-order chi connectivity index (χ1) is 12.2. The van der Waals surface area contributed by atoms with Crippen LogP contribution in [0, 0.1) is 0 Å². The van der Waals surface area contributed by atoms with Crippen LogP contribution in [0.1, 0.15) is 23.5 Å². The number of hydrogen-bond acceptors (Lipinski definition) is 3. The fourth-order valence-corrected chi connectivity index (χ4v) is 4.62. The quantitative estimate of drug-likeness (QED) is 0.711. The molecular formula is C20H23BrN2O2. The van der Waals surface area contributed by atoms with Crippen molar-refractivity contribution >= 4 is 32.8 Å². The lowest BCUT2D eigenvalue weighted by atomic mass is 9.95. The van der Waals surface area contributed by atoms with Gasteiger partial charge in [0.1, 0.15) is 5.75 Å². The second kappa shape index (κ2) is 6.96. The van der Waals surface area contributed by atoms with E-state index in [1.165, 1.54) is 16.5 Å². The van der Waals surface area contributed by atoms with Crippen molar-refractivity contribution in [3.8, 4) is 5.75 Å². The first-order valence-electron chi connectivity index (χ1n) is 8.93. The summed E-state index contributed by atoms with van der Waals surface area (Å²) >= 11 is 3.65. The molecule has 25 heavy (non-hydrogen) atoms. The van der Waals surface area contributed by atoms with E-state index in [1.807, 2.05) is 11.0 Å². The number of rotatable bonds is 2. The zero-order chi connectivity index (χ0) is 17.4. The number of nitrogens with zero attached hydrogens (tertiary/aromatic N) is 2. The normalized spacial score (nSPS) is 20.7. The first kappa shape index (κ1) is 16.9. The smallest absolute Gasteiger partial charge is 0.410 e. The van der Waals surface area contributed by atoms with Gasteiger partial charge in [0.2, 0.25) is 0 Å². The Morgan fingerprint density at radius 3 is 2.64 bits per heavy atom. The molecule has 2 aromatic rings. The standard InChI is InChI=1S/C20H23BrN2O2/c1-22-8-10-23(11-9-22)20(24)25-18-12-14-6-7-15(13-21)19(14)17-5-3-2-4-16(17)18/h2-5,12,15H,6-11,13H2,1H3/t15-/m0/s1. The zero-order valence-electron chi connectivity index (χ0n) is 14.5. The van der Waals surface area contributed by atoms with Crippen LogP contribution in [0.5, 0.6) is 5.75 Å². The van der Waals surface area contributed by atoms with Gasteiger partial charge in [-0.3, -0.25) is 0 Å². The number of fused-ring (bicyclic) bond motifs is 3. The summed E-state index contributed by atoms with van der Waals surface area (Å²) in [5, 5.41) is 3.24. The molecule has 1 heterocycles. The van der Waals surface area contributed by atoms with Gasteiger partial charge in [-0.05, 0) is 48.4 Å². The van der Waals surface area contributed by atoms with Crippen molar-refractivity contribution in [2.75, 3.05) is 38.6 Å². The Balaban J connectivity index is 1.67. The third-order valence-corrected chi connectivity index (χ3v) is 6.23. The molecule has 0 N–H and O–H groups in total. The molecule has 2 aromatic carbocycles. The van der Waals surface area contributed by atoms with E-state index in [4.69, 9.17) is 4.74 Å². The molecule has 1 aliphatic carbocycles. The Bertz CT molecular complexity index is 800. The Hall–Kier alpha value is -1.59. The van der Waals surface area contributed by atoms with Crippen LogP contribution in [-0.4, -0.2) is 54.4 Å². The minimum Gasteiger partial charge on any atom is -0.410 e. The minimum atomic E-state index is -0.228. The summed E-state index contributed by atoms with van der Waals surface area (Å²) in [5.74, 6) is 1.25. The molecule has 132 valence electrons. The maximum absolute atomic E-state index is 12.6. The predicted octanol–water partition coefficient (Wildman–Crippen LogP) is 4.01. The van der Waals surface area contributed by atoms with E-state index in [2.05, 4.69) is 52.1 Å². The van der Waals surface area contributed by atoms with E-state index in [-0.39, 0.29) is 6.09 Å². The molecule has 0 bridgehead atoms. The molecule has 2 aliphatic rings. The fraction of sp³-hybridized carbons (Fsp3) is 0.450. The summed E-state index contributed by atoms with van der Waals surface area (Å²) in [4.78, 5) is 16.7. The van der Waals surface area contributed by atoms with Crippen LogP contribution >= 0.6 is 15.9 Å². The highest BCUT2D eigenvalue weighted by Gasteiger charge is 2.27. The van der Waals surface area contributed by atoms with Crippen LogP contribution < -0.4 is 4.74 Å². The van der Waals surface area contributed by atoms with Crippen LogP contribution in [0.3, 0.4) is 0 Å². The highest BCUT2D eigenvalue weighted by molar-refractivity contribution is 9.09. The van der Waals surface area contributed by atoms with Gasteiger partial charge in [0, 0.05) is 36.9 Å². The number of carbonyl (C=O) groups excluding carboxylic acids is 1. The number of alkyl halides is 1. The molecule has 0 aromatic heterocycles. The number of piperazine rings is 1. The topological polar surface area (TPSA) is 32.8 Å². The number of benzene rings is 2. The Kier molecular flexibility index (Phi) is 4.69. The van der Waals surface area contributed by atoms with Gasteiger partial charge >= 0.3 is 6.09 Å². The average Bonchev–Trinajstić information content (AvgIpc) is 3.05. The fourth-order valence-electron chi connectivity index (χ4n) is 3.97. The molecule has 0 saturated carbocycles. The van der Waals surface area contributed by atoms with Crippen LogP contribution in [0.15, 0.2) is 30.3 Å². The van der Waals surface area contributed by atoms with Crippen molar-refractivity contribution in [1.29, 1.82) is 0 Å². The molecule has 4 nitrogen and oxygen atoms in total. The van der Waals surface area contributed by atoms with Gasteiger partial charge in [0.05, 0.1) is 0 Å². The largest absolute Gasteiger partial charge is 0.415 e. The lowest BCUT2D eigenvalue weighted by Gasteiger charge is -2.31. The van der Waals surface area contributed by atoms with Gasteiger partial charge in [-0.1, -0.05) is 40.2 Å². The highest BCUT2D eigenvalue weighted by Crippen LogP contribution is 2.43. The van der Waals surface area contributed by atoms with E-state index in [0.717, 1.165) is 49.7 Å². The average molecular weight is 403 g/mol. The van der Waals surface area contributed by atoms with Crippen molar-refractivity contribution in [3.05, 3.63) is 41.5 Å². The van der Waals surface area contributed by atoms with E-state index in [9.17, 15) is 4.79 Å². The molecule has 1 atom stereocenters. The maximum atomic E-state index is 12.6. The van der Waals surface area contributed by atoms with Gasteiger partial charge < -0.3 is 14.5 Å². The number of likely N-dealkylation sites (N-methyl/N-ethyl adjacent to an activating group) is 1. The number of amides is 1. The molecule has 5 heteroatoms. The van der Waals surface area contributed by atoms with Crippen LogP contribution in [0.4, 0.5) is 4.79 Å². The van der Waals surface area contributed by atoms with Gasteiger partial charge in [-0.15, -0.1) is 0 Å². The SMILES string of the molecule is CN1CCN(C(=O)Oc2cc3c(c4ccccc24)[C@H](CBr)CC3)CC1. The summed E-state index contributed by atoms with van der Waals surface area (Å²) in [5.41, 5.74) is 2.75. The van der Waals surface area contributed by atoms with E-state index in [1.54, 1.807) is 0 Å². The molecule has 0 radical (unpaired) electrons. The summed E-state index contributed by atoms with van der Waals surface area (Å²) in [6.45, 7) is 3.24. The minimum absolute atomic E-state index is 0.228. The summed E-state index contributed by atoms with van der Waals surface area (Å²) in [7, 11) is 2.08. The van der Waals surface area contributed by atoms with Crippen LogP contribution in [-0.2, 0) is 6.42 Å². The van der Waals surface area contributed by atoms with E-state index in [0.29, 0.717) is 11.7 Å². The monoisotopic (exact) mass is 402 g/mol. The van der Waals surface area contributed by atoms with E-state index < -0.39 is 0 Å². The lowest BCUT2D eigenvalue weighted by molar-refractivity contribution is 0.121. The highest BCUT2D eigenvalue weighted by atomic mass is 79.9. The predicted molar refractivity (Wildman–Crippen MR) is 104 cm³/mol. The summed E-state index contributed by atoms with van der Waals surface area (Å²) < 4.78 is 5.85. The number of ether oxygens (including phenoxy) is 1. The number of hydrogen-bond donors (Lipinski definition) is 0. The first-order valence-corrected chi connectivity index (χ1v) is 10.1. The third-order valence-electron chi connectivity index (χ3n) is 5.45. The van der Waals surface area contributed by atoms with Crippen molar-refractivity contribution in [1.82, 2.24) is 9.80 Å². The zero-order valence-corrected chi connectivity index (χ0v) is 16.1. The van der Waals surface area contributed by atoms with E-state index >= 15 is 0 Å². The molecule has 0 unspecified atom stereocenters. The van der Waals surface area contributed by atoms with Gasteiger partial charge in [0.15, 0.2) is 0 Å². The molecule has 1 fully saturated rings. The van der Waals surface area contributed by atoms with Crippen molar-refractivity contribution in [2.45, 2.75) is 18.8 Å². The number of aryl methyl sites for hydroxylation is 1. The van der Waals surface area contributed by atoms with Crippen LogP contribution in [0.2, 0.25) is 0 Å². The van der Waals surface area contributed by atoms with Crippen molar-refractivity contribution < 1.29 is 9.53 Å². The Morgan fingerprint density at radius 2 is 1.92 bits per heavy atom.